The van der Waals surface area contributed by atoms with Gasteiger partial charge in [0.1, 0.15) is 5.75 Å². The minimum atomic E-state index is 0.417. The van der Waals surface area contributed by atoms with E-state index in [-0.39, 0.29) is 0 Å². The van der Waals surface area contributed by atoms with Gasteiger partial charge in [0, 0.05) is 18.3 Å². The molecule has 0 aliphatic heterocycles. The molecule has 0 aliphatic rings. The highest BCUT2D eigenvalue weighted by Crippen LogP contribution is 2.12. The molecule has 2 aromatic rings. The molecule has 0 saturated heterocycles. The molecule has 1 unspecified atom stereocenters. The largest absolute Gasteiger partial charge is 0.497 e. The van der Waals surface area contributed by atoms with Crippen molar-refractivity contribution < 1.29 is 4.74 Å². The highest BCUT2D eigenvalue weighted by Gasteiger charge is 2.03. The van der Waals surface area contributed by atoms with Gasteiger partial charge in [0.2, 0.25) is 0 Å². The molecule has 2 aromatic carbocycles. The predicted octanol–water partition coefficient (Wildman–Crippen LogP) is 3.00. The van der Waals surface area contributed by atoms with Crippen LogP contribution in [0.2, 0.25) is 0 Å². The van der Waals surface area contributed by atoms with E-state index in [0.29, 0.717) is 6.04 Å². The minimum Gasteiger partial charge on any atom is -0.497 e. The number of nitrogen functional groups attached to an aromatic ring is 1. The number of benzene rings is 2. The monoisotopic (exact) mass is 270 g/mol. The molecule has 0 saturated carbocycles. The highest BCUT2D eigenvalue weighted by molar-refractivity contribution is 5.39. The van der Waals surface area contributed by atoms with Gasteiger partial charge in [0.05, 0.1) is 7.11 Å². The lowest BCUT2D eigenvalue weighted by atomic mass is 10.1. The van der Waals surface area contributed by atoms with Crippen molar-refractivity contribution in [2.24, 2.45) is 0 Å². The van der Waals surface area contributed by atoms with Gasteiger partial charge in [0.15, 0.2) is 0 Å². The Kier molecular flexibility index (Phi) is 5.02. The van der Waals surface area contributed by atoms with Gasteiger partial charge in [-0.15, -0.1) is 0 Å². The van der Waals surface area contributed by atoms with Crippen molar-refractivity contribution in [3.05, 3.63) is 59.7 Å². The molecule has 0 spiro atoms. The van der Waals surface area contributed by atoms with Crippen molar-refractivity contribution >= 4 is 5.69 Å². The van der Waals surface area contributed by atoms with E-state index in [2.05, 4.69) is 36.5 Å². The molecule has 2 rings (SSSR count). The van der Waals surface area contributed by atoms with E-state index in [1.807, 2.05) is 24.3 Å². The van der Waals surface area contributed by atoms with Crippen molar-refractivity contribution in [1.82, 2.24) is 5.32 Å². The van der Waals surface area contributed by atoms with Gasteiger partial charge in [-0.1, -0.05) is 24.3 Å². The number of nitrogens with one attached hydrogen (secondary N) is 1. The first-order valence-corrected chi connectivity index (χ1v) is 6.88. The summed E-state index contributed by atoms with van der Waals surface area (Å²) in [5.74, 6) is 0.892. The SMILES string of the molecule is COc1ccc(CNC(C)Cc2ccc(N)cc2)cc1. The highest BCUT2D eigenvalue weighted by atomic mass is 16.5. The fourth-order valence-electron chi connectivity index (χ4n) is 2.11. The summed E-state index contributed by atoms with van der Waals surface area (Å²) in [7, 11) is 1.68. The topological polar surface area (TPSA) is 47.3 Å². The Hall–Kier alpha value is -2.00. The Bertz CT molecular complexity index is 520. The minimum absolute atomic E-state index is 0.417. The van der Waals surface area contributed by atoms with Gasteiger partial charge >= 0.3 is 0 Å². The molecule has 1 atom stereocenters. The molecule has 0 amide bonds. The van der Waals surface area contributed by atoms with E-state index in [1.165, 1.54) is 11.1 Å². The van der Waals surface area contributed by atoms with Gasteiger partial charge < -0.3 is 15.8 Å². The summed E-state index contributed by atoms with van der Waals surface area (Å²) in [4.78, 5) is 0. The Morgan fingerprint density at radius 1 is 1.00 bits per heavy atom. The second-order valence-electron chi connectivity index (χ2n) is 5.08. The third-order valence-corrected chi connectivity index (χ3v) is 3.34. The van der Waals surface area contributed by atoms with E-state index >= 15 is 0 Å². The summed E-state index contributed by atoms with van der Waals surface area (Å²) in [6, 6.07) is 16.6. The molecule has 0 aliphatic carbocycles. The summed E-state index contributed by atoms with van der Waals surface area (Å²) in [5.41, 5.74) is 9.06. The standard InChI is InChI=1S/C17H22N2O/c1-13(11-14-3-7-16(18)8-4-14)19-12-15-5-9-17(20-2)10-6-15/h3-10,13,19H,11-12,18H2,1-2H3. The summed E-state index contributed by atoms with van der Waals surface area (Å²) in [6.45, 7) is 3.06. The summed E-state index contributed by atoms with van der Waals surface area (Å²) in [5, 5.41) is 3.53. The van der Waals surface area contributed by atoms with E-state index < -0.39 is 0 Å². The van der Waals surface area contributed by atoms with Crippen LogP contribution in [0.4, 0.5) is 5.69 Å². The van der Waals surface area contributed by atoms with Crippen LogP contribution in [0, 0.1) is 0 Å². The first-order valence-electron chi connectivity index (χ1n) is 6.88. The smallest absolute Gasteiger partial charge is 0.118 e. The van der Waals surface area contributed by atoms with E-state index in [9.17, 15) is 0 Å². The molecule has 3 nitrogen and oxygen atoms in total. The Morgan fingerprint density at radius 2 is 1.60 bits per heavy atom. The van der Waals surface area contributed by atoms with Crippen molar-refractivity contribution in [1.29, 1.82) is 0 Å². The van der Waals surface area contributed by atoms with Gasteiger partial charge in [-0.25, -0.2) is 0 Å². The van der Waals surface area contributed by atoms with Gasteiger partial charge in [-0.3, -0.25) is 0 Å². The van der Waals surface area contributed by atoms with Crippen LogP contribution < -0.4 is 15.8 Å². The molecule has 3 N–H and O–H groups in total. The molecule has 0 aromatic heterocycles. The van der Waals surface area contributed by atoms with E-state index in [1.54, 1.807) is 7.11 Å². The zero-order chi connectivity index (χ0) is 14.4. The third kappa shape index (κ3) is 4.28. The van der Waals surface area contributed by atoms with Crippen LogP contribution in [0.3, 0.4) is 0 Å². The first kappa shape index (κ1) is 14.4. The summed E-state index contributed by atoms with van der Waals surface area (Å²) < 4.78 is 5.15. The first-order chi connectivity index (χ1) is 9.67. The van der Waals surface area contributed by atoms with Crippen LogP contribution in [0.5, 0.6) is 5.75 Å². The Balaban J connectivity index is 1.82. The number of ether oxygens (including phenoxy) is 1. The number of anilines is 1. The van der Waals surface area contributed by atoms with Crippen molar-refractivity contribution in [3.8, 4) is 5.75 Å². The molecular weight excluding hydrogens is 248 g/mol. The Labute approximate surface area is 120 Å². The maximum absolute atomic E-state index is 5.69. The zero-order valence-electron chi connectivity index (χ0n) is 12.1. The molecule has 0 fully saturated rings. The van der Waals surface area contributed by atoms with Gasteiger partial charge in [-0.05, 0) is 48.7 Å². The summed E-state index contributed by atoms with van der Waals surface area (Å²) in [6.07, 6.45) is 0.996. The van der Waals surface area contributed by atoms with Crippen LogP contribution in [0.1, 0.15) is 18.1 Å². The molecule has 3 heteroatoms. The normalized spacial score (nSPS) is 12.1. The van der Waals surface area contributed by atoms with Crippen molar-refractivity contribution in [2.75, 3.05) is 12.8 Å². The molecule has 106 valence electrons. The number of methoxy groups -OCH3 is 1. The number of hydrogen-bond acceptors (Lipinski definition) is 3. The lowest BCUT2D eigenvalue weighted by molar-refractivity contribution is 0.414. The average Bonchev–Trinajstić information content (AvgIpc) is 2.48. The lowest BCUT2D eigenvalue weighted by Crippen LogP contribution is -2.27. The van der Waals surface area contributed by atoms with Gasteiger partial charge in [0.25, 0.3) is 0 Å². The van der Waals surface area contributed by atoms with E-state index in [4.69, 9.17) is 10.5 Å². The van der Waals surface area contributed by atoms with Gasteiger partial charge in [-0.2, -0.15) is 0 Å². The third-order valence-electron chi connectivity index (χ3n) is 3.34. The molecule has 0 heterocycles. The van der Waals surface area contributed by atoms with Crippen LogP contribution in [0.25, 0.3) is 0 Å². The maximum Gasteiger partial charge on any atom is 0.118 e. The van der Waals surface area contributed by atoms with Crippen molar-refractivity contribution in [2.45, 2.75) is 25.9 Å². The Morgan fingerprint density at radius 3 is 2.20 bits per heavy atom. The fraction of sp³-hybridized carbons (Fsp3) is 0.294. The molecule has 20 heavy (non-hydrogen) atoms. The maximum atomic E-state index is 5.69. The van der Waals surface area contributed by atoms with Crippen molar-refractivity contribution in [3.63, 3.8) is 0 Å². The predicted molar refractivity (Wildman–Crippen MR) is 83.9 cm³/mol. The second-order valence-corrected chi connectivity index (χ2v) is 5.08. The fourth-order valence-corrected chi connectivity index (χ4v) is 2.11. The molecular formula is C17H22N2O. The van der Waals surface area contributed by atoms with E-state index in [0.717, 1.165) is 24.4 Å². The number of rotatable bonds is 6. The number of nitrogens with two attached hydrogens (primary N) is 1. The quantitative estimate of drug-likeness (QED) is 0.793. The summed E-state index contributed by atoms with van der Waals surface area (Å²) >= 11 is 0. The zero-order valence-corrected chi connectivity index (χ0v) is 12.1. The number of hydrogen-bond donors (Lipinski definition) is 2. The van der Waals surface area contributed by atoms with Crippen LogP contribution in [-0.4, -0.2) is 13.2 Å². The van der Waals surface area contributed by atoms with Crippen LogP contribution in [0.15, 0.2) is 48.5 Å². The van der Waals surface area contributed by atoms with Crippen LogP contribution in [-0.2, 0) is 13.0 Å². The average molecular weight is 270 g/mol. The molecule has 0 radical (unpaired) electrons. The lowest BCUT2D eigenvalue weighted by Gasteiger charge is -2.14. The van der Waals surface area contributed by atoms with Crippen LogP contribution >= 0.6 is 0 Å². The second kappa shape index (κ2) is 6.96. The molecule has 0 bridgehead atoms.